The summed E-state index contributed by atoms with van der Waals surface area (Å²) in [5.41, 5.74) is 1.26. The van der Waals surface area contributed by atoms with E-state index in [1.165, 1.54) is 5.56 Å². The maximum absolute atomic E-state index is 3.00. The van der Waals surface area contributed by atoms with E-state index in [9.17, 15) is 0 Å². The summed E-state index contributed by atoms with van der Waals surface area (Å²) < 4.78 is 0. The number of hydrogen-bond acceptors (Lipinski definition) is 0. The van der Waals surface area contributed by atoms with Gasteiger partial charge >= 0.3 is 0 Å². The van der Waals surface area contributed by atoms with Crippen LogP contribution in [0.15, 0.2) is 49.6 Å². The highest BCUT2D eigenvalue weighted by Gasteiger charge is 1.77. The van der Waals surface area contributed by atoms with Gasteiger partial charge in [0.15, 0.2) is 0 Å². The van der Waals surface area contributed by atoms with Crippen molar-refractivity contribution in [2.75, 3.05) is 0 Å². The lowest BCUT2D eigenvalue weighted by atomic mass is 10.2. The molecule has 0 atom stereocenters. The van der Waals surface area contributed by atoms with Crippen LogP contribution in [0.1, 0.15) is 12.5 Å². The van der Waals surface area contributed by atoms with E-state index in [0.29, 0.717) is 0 Å². The van der Waals surface area contributed by atoms with Gasteiger partial charge in [-0.05, 0) is 12.5 Å². The molecule has 11 heavy (non-hydrogen) atoms. The Morgan fingerprint density at radius 3 is 2.09 bits per heavy atom. The molecule has 0 saturated heterocycles. The van der Waals surface area contributed by atoms with Crippen LogP contribution in [-0.4, -0.2) is 0 Å². The van der Waals surface area contributed by atoms with Crippen LogP contribution < -0.4 is 0 Å². The number of rotatable bonds is 1. The molecule has 0 aromatic heterocycles. The van der Waals surface area contributed by atoms with Crippen LogP contribution in [0.2, 0.25) is 0 Å². The third-order valence-corrected chi connectivity index (χ3v) is 1.16. The molecule has 0 amide bonds. The molecule has 0 unspecified atom stereocenters. The molecule has 0 heteroatoms. The minimum atomic E-state index is 1.26. The summed E-state index contributed by atoms with van der Waals surface area (Å²) in [6.07, 6.45) is 4.12. The molecule has 1 aromatic carbocycles. The monoisotopic (exact) mass is 146 g/mol. The van der Waals surface area contributed by atoms with Gasteiger partial charge in [0.2, 0.25) is 0 Å². The van der Waals surface area contributed by atoms with Crippen LogP contribution in [0.3, 0.4) is 0 Å². The Bertz CT molecular complexity index is 197. The Balaban J connectivity index is 0.000000461. The minimum Gasteiger partial charge on any atom is -0.106 e. The molecule has 1 rings (SSSR count). The number of allylic oxidation sites excluding steroid dienone is 1. The van der Waals surface area contributed by atoms with E-state index in [0.717, 1.165) is 0 Å². The predicted molar refractivity (Wildman–Crippen MR) is 52.4 cm³/mol. The Kier molecular flexibility index (Phi) is 6.01. The van der Waals surface area contributed by atoms with Crippen LogP contribution in [0.25, 0.3) is 6.08 Å². The molecule has 0 aliphatic carbocycles. The molecule has 0 aliphatic heterocycles. The van der Waals surface area contributed by atoms with Crippen molar-refractivity contribution in [3.63, 3.8) is 0 Å². The molecule has 0 nitrogen and oxygen atoms in total. The van der Waals surface area contributed by atoms with Crippen molar-refractivity contribution in [2.24, 2.45) is 0 Å². The predicted octanol–water partition coefficient (Wildman–Crippen LogP) is 3.52. The van der Waals surface area contributed by atoms with Crippen LogP contribution >= 0.6 is 0 Å². The highest BCUT2D eigenvalue weighted by atomic mass is 13.8. The molecule has 0 N–H and O–H groups in total. The average Bonchev–Trinajstić information content (AvgIpc) is 2.11. The van der Waals surface area contributed by atoms with Crippen molar-refractivity contribution in [1.29, 1.82) is 0 Å². The summed E-state index contributed by atoms with van der Waals surface area (Å²) in [7, 11) is 0. The lowest BCUT2D eigenvalue weighted by molar-refractivity contribution is 1.64. The number of hydrogen-bond donors (Lipinski definition) is 0. The standard InChI is InChI=1S/C9H10.C2H4/c1-2-6-9-7-4-3-5-8-9;1-2/h2-8H,1H3;1-2H2/b6-2+;. The molecule has 0 heterocycles. The molecule has 0 spiro atoms. The van der Waals surface area contributed by atoms with Crippen LogP contribution in [0.4, 0.5) is 0 Å². The van der Waals surface area contributed by atoms with Gasteiger partial charge in [-0.1, -0.05) is 42.5 Å². The largest absolute Gasteiger partial charge is 0.106 e. The summed E-state index contributed by atoms with van der Waals surface area (Å²) in [5, 5.41) is 0. The fourth-order valence-electron chi connectivity index (χ4n) is 0.757. The topological polar surface area (TPSA) is 0 Å². The smallest absolute Gasteiger partial charge is 0.0260 e. The fourth-order valence-corrected chi connectivity index (χ4v) is 0.757. The Labute approximate surface area is 68.9 Å². The lowest BCUT2D eigenvalue weighted by Crippen LogP contribution is -1.65. The molecule has 0 saturated carbocycles. The Hall–Kier alpha value is -1.30. The van der Waals surface area contributed by atoms with Gasteiger partial charge in [0.25, 0.3) is 0 Å². The summed E-state index contributed by atoms with van der Waals surface area (Å²) in [6.45, 7) is 8.02. The zero-order valence-corrected chi connectivity index (χ0v) is 6.96. The molecule has 0 aliphatic rings. The fraction of sp³-hybridized carbons (Fsp3) is 0.0909. The second kappa shape index (κ2) is 6.81. The van der Waals surface area contributed by atoms with E-state index in [2.05, 4.69) is 31.4 Å². The van der Waals surface area contributed by atoms with E-state index >= 15 is 0 Å². The first-order valence-electron chi connectivity index (χ1n) is 3.61. The van der Waals surface area contributed by atoms with Crippen molar-refractivity contribution in [1.82, 2.24) is 0 Å². The second-order valence-corrected chi connectivity index (χ2v) is 1.91. The van der Waals surface area contributed by atoms with Crippen molar-refractivity contribution >= 4 is 6.08 Å². The van der Waals surface area contributed by atoms with E-state index in [4.69, 9.17) is 0 Å². The maximum Gasteiger partial charge on any atom is -0.0260 e. The third-order valence-electron chi connectivity index (χ3n) is 1.16. The first kappa shape index (κ1) is 9.70. The van der Waals surface area contributed by atoms with Crippen molar-refractivity contribution in [2.45, 2.75) is 6.92 Å². The molecule has 1 aromatic rings. The van der Waals surface area contributed by atoms with Crippen molar-refractivity contribution in [3.8, 4) is 0 Å². The molecular weight excluding hydrogens is 132 g/mol. The van der Waals surface area contributed by atoms with Gasteiger partial charge in [0.1, 0.15) is 0 Å². The maximum atomic E-state index is 3.00. The zero-order valence-electron chi connectivity index (χ0n) is 6.96. The minimum absolute atomic E-state index is 1.26. The Morgan fingerprint density at radius 2 is 1.64 bits per heavy atom. The first-order valence-corrected chi connectivity index (χ1v) is 3.61. The van der Waals surface area contributed by atoms with Crippen molar-refractivity contribution in [3.05, 3.63) is 55.1 Å². The highest BCUT2D eigenvalue weighted by molar-refractivity contribution is 5.47. The first-order chi connectivity index (χ1) is 5.43. The van der Waals surface area contributed by atoms with Gasteiger partial charge in [-0.3, -0.25) is 0 Å². The molecule has 0 fully saturated rings. The molecule has 0 radical (unpaired) electrons. The van der Waals surface area contributed by atoms with E-state index in [1.54, 1.807) is 0 Å². The van der Waals surface area contributed by atoms with Crippen LogP contribution in [-0.2, 0) is 0 Å². The lowest BCUT2D eigenvalue weighted by Gasteiger charge is -1.86. The normalized spacial score (nSPS) is 8.82. The summed E-state index contributed by atoms with van der Waals surface area (Å²) >= 11 is 0. The average molecular weight is 146 g/mol. The van der Waals surface area contributed by atoms with Gasteiger partial charge in [-0.15, -0.1) is 13.2 Å². The van der Waals surface area contributed by atoms with Crippen LogP contribution in [0.5, 0.6) is 0 Å². The van der Waals surface area contributed by atoms with E-state index < -0.39 is 0 Å². The van der Waals surface area contributed by atoms with Gasteiger partial charge in [0, 0.05) is 0 Å². The third kappa shape index (κ3) is 4.15. The van der Waals surface area contributed by atoms with E-state index in [1.807, 2.05) is 31.2 Å². The van der Waals surface area contributed by atoms with E-state index in [-0.39, 0.29) is 0 Å². The zero-order chi connectivity index (χ0) is 8.53. The second-order valence-electron chi connectivity index (χ2n) is 1.91. The van der Waals surface area contributed by atoms with Crippen molar-refractivity contribution < 1.29 is 0 Å². The Morgan fingerprint density at radius 1 is 1.09 bits per heavy atom. The molecule has 0 bridgehead atoms. The quantitative estimate of drug-likeness (QED) is 0.532. The number of benzene rings is 1. The SMILES string of the molecule is C/C=C/c1ccccc1.C=C. The molecular formula is C11H14. The summed E-state index contributed by atoms with van der Waals surface area (Å²) in [5.74, 6) is 0. The van der Waals surface area contributed by atoms with Gasteiger partial charge < -0.3 is 0 Å². The van der Waals surface area contributed by atoms with Crippen LogP contribution in [0, 0.1) is 0 Å². The van der Waals surface area contributed by atoms with Gasteiger partial charge in [-0.25, -0.2) is 0 Å². The summed E-state index contributed by atoms with van der Waals surface area (Å²) in [6, 6.07) is 10.3. The summed E-state index contributed by atoms with van der Waals surface area (Å²) in [4.78, 5) is 0. The molecule has 58 valence electrons. The van der Waals surface area contributed by atoms with Gasteiger partial charge in [0.05, 0.1) is 0 Å². The highest BCUT2D eigenvalue weighted by Crippen LogP contribution is 1.99. The van der Waals surface area contributed by atoms with Gasteiger partial charge in [-0.2, -0.15) is 0 Å².